The summed E-state index contributed by atoms with van der Waals surface area (Å²) >= 11 is 0. The molecule has 0 aliphatic heterocycles. The molecule has 2 aliphatic rings. The molecule has 0 spiro atoms. The highest BCUT2D eigenvalue weighted by atomic mass is 16.5. The predicted molar refractivity (Wildman–Crippen MR) is 80.3 cm³/mol. The fourth-order valence-electron chi connectivity index (χ4n) is 4.07. The lowest BCUT2D eigenvalue weighted by Gasteiger charge is -2.27. The summed E-state index contributed by atoms with van der Waals surface area (Å²) in [5.41, 5.74) is 0.976. The fraction of sp³-hybridized carbons (Fsp3) is 0.529. The molecule has 2 fully saturated rings. The molecule has 5 nitrogen and oxygen atoms in total. The number of carbonyl (C=O) groups excluding carboxylic acids is 1. The van der Waals surface area contributed by atoms with Gasteiger partial charge < -0.3 is 15.2 Å². The molecular weight excluding hydrogens is 282 g/mol. The zero-order valence-electron chi connectivity index (χ0n) is 12.6. The van der Waals surface area contributed by atoms with Gasteiger partial charge in [-0.25, -0.2) is 0 Å². The Morgan fingerprint density at radius 3 is 2.41 bits per heavy atom. The molecule has 2 N–H and O–H groups in total. The summed E-state index contributed by atoms with van der Waals surface area (Å²) in [6.07, 6.45) is 2.82. The molecule has 4 atom stereocenters. The van der Waals surface area contributed by atoms with Crippen molar-refractivity contribution < 1.29 is 19.4 Å². The van der Waals surface area contributed by atoms with Crippen LogP contribution >= 0.6 is 0 Å². The number of methoxy groups -OCH3 is 1. The van der Waals surface area contributed by atoms with E-state index in [4.69, 9.17) is 4.74 Å². The number of fused-ring (bicyclic) bond motifs is 2. The van der Waals surface area contributed by atoms with Gasteiger partial charge >= 0.3 is 5.97 Å². The minimum atomic E-state index is -0.822. The topological polar surface area (TPSA) is 75.6 Å². The first-order valence-electron chi connectivity index (χ1n) is 7.73. The summed E-state index contributed by atoms with van der Waals surface area (Å²) in [6.45, 7) is 0.420. The number of hydrogen-bond donors (Lipinski definition) is 2. The van der Waals surface area contributed by atoms with Crippen molar-refractivity contribution in [3.8, 4) is 5.75 Å². The number of hydrogen-bond acceptors (Lipinski definition) is 3. The number of nitrogens with one attached hydrogen (secondary N) is 1. The maximum atomic E-state index is 12.4. The quantitative estimate of drug-likeness (QED) is 0.873. The molecule has 0 radical (unpaired) electrons. The average Bonchev–Trinajstić information content (AvgIpc) is 3.14. The van der Waals surface area contributed by atoms with Crippen molar-refractivity contribution in [3.63, 3.8) is 0 Å². The van der Waals surface area contributed by atoms with E-state index in [1.165, 1.54) is 0 Å². The second kappa shape index (κ2) is 5.99. The number of aliphatic carboxylic acids is 1. The van der Waals surface area contributed by atoms with Crippen LogP contribution in [0, 0.1) is 23.7 Å². The van der Waals surface area contributed by atoms with Crippen molar-refractivity contribution in [2.45, 2.75) is 25.8 Å². The van der Waals surface area contributed by atoms with Gasteiger partial charge in [0.25, 0.3) is 0 Å². The van der Waals surface area contributed by atoms with E-state index in [9.17, 15) is 14.7 Å². The summed E-state index contributed by atoms with van der Waals surface area (Å²) in [7, 11) is 1.61. The molecule has 0 saturated heterocycles. The lowest BCUT2D eigenvalue weighted by molar-refractivity contribution is -0.149. The normalized spacial score (nSPS) is 29.3. The van der Waals surface area contributed by atoms with Gasteiger partial charge in [-0.1, -0.05) is 12.1 Å². The van der Waals surface area contributed by atoms with E-state index >= 15 is 0 Å². The highest BCUT2D eigenvalue weighted by Crippen LogP contribution is 2.52. The second-order valence-corrected chi connectivity index (χ2v) is 6.29. The Bertz CT molecular complexity index is 569. The third-order valence-corrected chi connectivity index (χ3v) is 5.13. The van der Waals surface area contributed by atoms with Crippen molar-refractivity contribution in [2.75, 3.05) is 7.11 Å². The van der Waals surface area contributed by atoms with Crippen LogP contribution in [-0.4, -0.2) is 24.1 Å². The zero-order valence-corrected chi connectivity index (χ0v) is 12.6. The highest BCUT2D eigenvalue weighted by Gasteiger charge is 2.53. The van der Waals surface area contributed by atoms with Gasteiger partial charge in [-0.15, -0.1) is 0 Å². The van der Waals surface area contributed by atoms with Crippen LogP contribution in [0.5, 0.6) is 5.75 Å². The number of carboxylic acids is 1. The predicted octanol–water partition coefficient (Wildman–Crippen LogP) is 2.06. The van der Waals surface area contributed by atoms with Gasteiger partial charge in [-0.2, -0.15) is 0 Å². The minimum Gasteiger partial charge on any atom is -0.497 e. The summed E-state index contributed by atoms with van der Waals surface area (Å²) in [4.78, 5) is 23.9. The molecule has 3 rings (SSSR count). The van der Waals surface area contributed by atoms with E-state index in [-0.39, 0.29) is 23.7 Å². The van der Waals surface area contributed by atoms with Gasteiger partial charge in [-0.05, 0) is 48.8 Å². The lowest BCUT2D eigenvalue weighted by Crippen LogP contribution is -2.41. The Labute approximate surface area is 129 Å². The number of carbonyl (C=O) groups is 2. The van der Waals surface area contributed by atoms with E-state index in [1.54, 1.807) is 7.11 Å². The van der Waals surface area contributed by atoms with Gasteiger partial charge in [0.1, 0.15) is 5.75 Å². The molecule has 2 saturated carbocycles. The first-order valence-corrected chi connectivity index (χ1v) is 7.73. The van der Waals surface area contributed by atoms with E-state index < -0.39 is 11.9 Å². The van der Waals surface area contributed by atoms with Crippen LogP contribution in [0.4, 0.5) is 0 Å². The molecule has 5 heteroatoms. The summed E-state index contributed by atoms with van der Waals surface area (Å²) in [5, 5.41) is 12.3. The van der Waals surface area contributed by atoms with Crippen molar-refractivity contribution in [1.29, 1.82) is 0 Å². The van der Waals surface area contributed by atoms with Gasteiger partial charge in [0, 0.05) is 6.54 Å². The first kappa shape index (κ1) is 14.9. The maximum absolute atomic E-state index is 12.4. The third-order valence-electron chi connectivity index (χ3n) is 5.13. The smallest absolute Gasteiger partial charge is 0.307 e. The number of benzene rings is 1. The van der Waals surface area contributed by atoms with Crippen LogP contribution in [0.1, 0.15) is 24.8 Å². The highest BCUT2D eigenvalue weighted by molar-refractivity contribution is 5.86. The van der Waals surface area contributed by atoms with Crippen molar-refractivity contribution in [2.24, 2.45) is 23.7 Å². The minimum absolute atomic E-state index is 0.115. The maximum Gasteiger partial charge on any atom is 0.307 e. The molecule has 2 aliphatic carbocycles. The van der Waals surface area contributed by atoms with Crippen LogP contribution < -0.4 is 10.1 Å². The van der Waals surface area contributed by atoms with Gasteiger partial charge in [0.2, 0.25) is 5.91 Å². The second-order valence-electron chi connectivity index (χ2n) is 6.29. The standard InChI is InChI=1S/C17H21NO4/c1-22-13-6-2-10(3-7-13)9-18-16(19)14-11-4-5-12(8-11)15(14)17(20)21/h2-3,6-7,11-12,14-15H,4-5,8-9H2,1H3,(H,18,19)(H,20,21)/t11-,12+,14-,15+/m1/s1. The Morgan fingerprint density at radius 2 is 1.82 bits per heavy atom. The molecule has 2 bridgehead atoms. The van der Waals surface area contributed by atoms with Gasteiger partial charge in [-0.3, -0.25) is 9.59 Å². The van der Waals surface area contributed by atoms with E-state index in [1.807, 2.05) is 24.3 Å². The first-order chi connectivity index (χ1) is 10.6. The fourth-order valence-corrected chi connectivity index (χ4v) is 4.07. The largest absolute Gasteiger partial charge is 0.497 e. The van der Waals surface area contributed by atoms with E-state index in [0.717, 1.165) is 30.6 Å². The van der Waals surface area contributed by atoms with Crippen LogP contribution in [0.25, 0.3) is 0 Å². The van der Waals surface area contributed by atoms with Crippen molar-refractivity contribution >= 4 is 11.9 Å². The van der Waals surface area contributed by atoms with E-state index in [0.29, 0.717) is 6.54 Å². The Kier molecular flexibility index (Phi) is 4.05. The molecule has 1 amide bonds. The third kappa shape index (κ3) is 2.67. The number of ether oxygens (including phenoxy) is 1. The number of amides is 1. The van der Waals surface area contributed by atoms with Crippen molar-refractivity contribution in [3.05, 3.63) is 29.8 Å². The van der Waals surface area contributed by atoms with Crippen molar-refractivity contribution in [1.82, 2.24) is 5.32 Å². The molecule has 22 heavy (non-hydrogen) atoms. The Hall–Kier alpha value is -2.04. The van der Waals surface area contributed by atoms with E-state index in [2.05, 4.69) is 5.32 Å². The molecule has 1 aromatic carbocycles. The monoisotopic (exact) mass is 303 g/mol. The summed E-state index contributed by atoms with van der Waals surface area (Å²) in [5.74, 6) is -0.619. The van der Waals surface area contributed by atoms with Crippen LogP contribution in [-0.2, 0) is 16.1 Å². The molecule has 1 aromatic rings. The SMILES string of the molecule is COc1ccc(CNC(=O)[C@@H]2[C@@H]3CC[C@@H](C3)[C@@H]2C(=O)O)cc1. The summed E-state index contributed by atoms with van der Waals surface area (Å²) in [6, 6.07) is 7.49. The molecule has 0 aromatic heterocycles. The van der Waals surface area contributed by atoms with Crippen LogP contribution in [0.15, 0.2) is 24.3 Å². The zero-order chi connectivity index (χ0) is 15.7. The Balaban J connectivity index is 1.62. The molecule has 0 heterocycles. The van der Waals surface area contributed by atoms with Crippen LogP contribution in [0.3, 0.4) is 0 Å². The Morgan fingerprint density at radius 1 is 1.18 bits per heavy atom. The summed E-state index contributed by atoms with van der Waals surface area (Å²) < 4.78 is 5.10. The van der Waals surface area contributed by atoms with Crippen LogP contribution in [0.2, 0.25) is 0 Å². The molecule has 118 valence electrons. The number of rotatable bonds is 5. The van der Waals surface area contributed by atoms with Gasteiger partial charge in [0.15, 0.2) is 0 Å². The molecular formula is C17H21NO4. The number of carboxylic acid groups (broad SMARTS) is 1. The van der Waals surface area contributed by atoms with Gasteiger partial charge in [0.05, 0.1) is 18.9 Å². The lowest BCUT2D eigenvalue weighted by atomic mass is 9.78. The molecule has 0 unspecified atom stereocenters. The average molecular weight is 303 g/mol.